The summed E-state index contributed by atoms with van der Waals surface area (Å²) < 4.78 is 2.13. The average Bonchev–Trinajstić information content (AvgIpc) is 2.85. The molecule has 72 valence electrons. The van der Waals surface area contributed by atoms with Crippen LogP contribution in [0.5, 0.6) is 0 Å². The topological polar surface area (TPSA) is 42.2 Å². The van der Waals surface area contributed by atoms with Gasteiger partial charge in [0.05, 0.1) is 17.9 Å². The van der Waals surface area contributed by atoms with Gasteiger partial charge in [-0.25, -0.2) is 4.98 Å². The van der Waals surface area contributed by atoms with Crippen LogP contribution in [0, 0.1) is 0 Å². The number of rotatable bonds is 1. The molecule has 1 unspecified atom stereocenters. The van der Waals surface area contributed by atoms with Crippen LogP contribution in [0.2, 0.25) is 0 Å². The minimum absolute atomic E-state index is 0.555. The number of nitrogens with zero attached hydrogens (tertiary/aromatic N) is 3. The zero-order chi connectivity index (χ0) is 9.38. The number of aromatic nitrogens is 3. The Labute approximate surface area is 82.0 Å². The third kappa shape index (κ3) is 1.11. The van der Waals surface area contributed by atoms with E-state index in [0.717, 1.165) is 24.4 Å². The van der Waals surface area contributed by atoms with Gasteiger partial charge in [-0.1, -0.05) is 0 Å². The highest BCUT2D eigenvalue weighted by Crippen LogP contribution is 2.21. The van der Waals surface area contributed by atoms with Crippen molar-refractivity contribution in [2.45, 2.75) is 12.3 Å². The summed E-state index contributed by atoms with van der Waals surface area (Å²) in [5, 5.41) is 3.36. The second-order valence-corrected chi connectivity index (χ2v) is 3.68. The highest BCUT2D eigenvalue weighted by atomic mass is 15.0. The van der Waals surface area contributed by atoms with Gasteiger partial charge < -0.3 is 9.72 Å². The van der Waals surface area contributed by atoms with Crippen LogP contribution >= 0.6 is 0 Å². The van der Waals surface area contributed by atoms with Crippen molar-refractivity contribution in [3.8, 4) is 0 Å². The second kappa shape index (κ2) is 3.06. The van der Waals surface area contributed by atoms with E-state index in [4.69, 9.17) is 0 Å². The molecule has 0 radical (unpaired) electrons. The van der Waals surface area contributed by atoms with E-state index < -0.39 is 0 Å². The van der Waals surface area contributed by atoms with Crippen molar-refractivity contribution in [1.82, 2.24) is 19.7 Å². The van der Waals surface area contributed by atoms with E-state index in [-0.39, 0.29) is 0 Å². The van der Waals surface area contributed by atoms with Crippen molar-refractivity contribution in [3.63, 3.8) is 0 Å². The van der Waals surface area contributed by atoms with Crippen molar-refractivity contribution < 1.29 is 0 Å². The molecule has 4 nitrogen and oxygen atoms in total. The molecule has 0 amide bonds. The molecule has 1 aliphatic rings. The normalized spacial score (nSPS) is 21.9. The molecule has 0 bridgehead atoms. The molecule has 1 N–H and O–H groups in total. The minimum Gasteiger partial charge on any atom is -0.316 e. The molecule has 3 heterocycles. The number of hydrogen-bond acceptors (Lipinski definition) is 3. The quantitative estimate of drug-likeness (QED) is 0.720. The van der Waals surface area contributed by atoms with Gasteiger partial charge in [0.1, 0.15) is 5.82 Å². The molecule has 1 aliphatic heterocycles. The molecule has 1 atom stereocenters. The Morgan fingerprint density at radius 2 is 2.43 bits per heavy atom. The lowest BCUT2D eigenvalue weighted by molar-refractivity contribution is 0.698. The van der Waals surface area contributed by atoms with E-state index in [1.54, 1.807) is 6.20 Å². The monoisotopic (exact) mass is 188 g/mol. The predicted molar refractivity (Wildman–Crippen MR) is 53.2 cm³/mol. The van der Waals surface area contributed by atoms with Crippen LogP contribution in [0.3, 0.4) is 0 Å². The van der Waals surface area contributed by atoms with Crippen LogP contribution in [-0.2, 0) is 0 Å². The standard InChI is InChI=1S/C10H12N4/c1-2-11-5-8(1)10-13-7-9-6-12-3-4-14(9)10/h3-4,6-8,11H,1-2,5H2. The van der Waals surface area contributed by atoms with Gasteiger partial charge in [-0.3, -0.25) is 4.98 Å². The summed E-state index contributed by atoms with van der Waals surface area (Å²) in [6, 6.07) is 0. The van der Waals surface area contributed by atoms with Crippen molar-refractivity contribution in [1.29, 1.82) is 0 Å². The van der Waals surface area contributed by atoms with E-state index >= 15 is 0 Å². The molecule has 2 aromatic heterocycles. The number of nitrogens with one attached hydrogen (secondary N) is 1. The zero-order valence-corrected chi connectivity index (χ0v) is 7.85. The lowest BCUT2D eigenvalue weighted by Crippen LogP contribution is -2.10. The first-order valence-corrected chi connectivity index (χ1v) is 4.93. The molecule has 4 heteroatoms. The Morgan fingerprint density at radius 3 is 3.29 bits per heavy atom. The lowest BCUT2D eigenvalue weighted by atomic mass is 10.1. The first-order chi connectivity index (χ1) is 6.95. The van der Waals surface area contributed by atoms with Gasteiger partial charge in [0.15, 0.2) is 0 Å². The Balaban J connectivity index is 2.11. The van der Waals surface area contributed by atoms with Gasteiger partial charge in [-0.2, -0.15) is 0 Å². The van der Waals surface area contributed by atoms with E-state index in [1.807, 2.05) is 18.6 Å². The third-order valence-corrected chi connectivity index (χ3v) is 2.79. The summed E-state index contributed by atoms with van der Waals surface area (Å²) in [5.74, 6) is 1.72. The molecule has 3 rings (SSSR count). The molecular formula is C10H12N4. The summed E-state index contributed by atoms with van der Waals surface area (Å²) in [4.78, 5) is 8.54. The highest BCUT2D eigenvalue weighted by Gasteiger charge is 2.20. The van der Waals surface area contributed by atoms with Crippen molar-refractivity contribution in [2.75, 3.05) is 13.1 Å². The molecule has 0 saturated carbocycles. The van der Waals surface area contributed by atoms with E-state index in [2.05, 4.69) is 19.7 Å². The van der Waals surface area contributed by atoms with E-state index in [9.17, 15) is 0 Å². The number of imidazole rings is 1. The molecule has 14 heavy (non-hydrogen) atoms. The van der Waals surface area contributed by atoms with Crippen LogP contribution in [0.25, 0.3) is 5.52 Å². The molecule has 0 aliphatic carbocycles. The zero-order valence-electron chi connectivity index (χ0n) is 7.85. The van der Waals surface area contributed by atoms with Crippen LogP contribution in [0.15, 0.2) is 24.8 Å². The fourth-order valence-corrected chi connectivity index (χ4v) is 2.05. The summed E-state index contributed by atoms with van der Waals surface area (Å²) in [5.41, 5.74) is 1.08. The molecular weight excluding hydrogens is 176 g/mol. The molecule has 1 saturated heterocycles. The van der Waals surface area contributed by atoms with Gasteiger partial charge >= 0.3 is 0 Å². The van der Waals surface area contributed by atoms with Gasteiger partial charge in [0.25, 0.3) is 0 Å². The van der Waals surface area contributed by atoms with E-state index in [1.165, 1.54) is 6.42 Å². The van der Waals surface area contributed by atoms with Crippen molar-refractivity contribution in [3.05, 3.63) is 30.6 Å². The number of hydrogen-bond donors (Lipinski definition) is 1. The maximum absolute atomic E-state index is 4.46. The first kappa shape index (κ1) is 7.94. The summed E-state index contributed by atoms with van der Waals surface area (Å²) >= 11 is 0. The Bertz CT molecular complexity index is 442. The van der Waals surface area contributed by atoms with Gasteiger partial charge in [0.2, 0.25) is 0 Å². The second-order valence-electron chi connectivity index (χ2n) is 3.68. The van der Waals surface area contributed by atoms with Gasteiger partial charge in [-0.15, -0.1) is 0 Å². The lowest BCUT2D eigenvalue weighted by Gasteiger charge is -2.06. The van der Waals surface area contributed by atoms with E-state index in [0.29, 0.717) is 5.92 Å². The average molecular weight is 188 g/mol. The van der Waals surface area contributed by atoms with Crippen LogP contribution in [-0.4, -0.2) is 27.5 Å². The predicted octanol–water partition coefficient (Wildman–Crippen LogP) is 0.806. The third-order valence-electron chi connectivity index (χ3n) is 2.79. The highest BCUT2D eigenvalue weighted by molar-refractivity contribution is 5.43. The molecule has 0 spiro atoms. The molecule has 0 aromatic carbocycles. The van der Waals surface area contributed by atoms with Crippen molar-refractivity contribution in [2.24, 2.45) is 0 Å². The molecule has 1 fully saturated rings. The molecule has 2 aromatic rings. The summed E-state index contributed by atoms with van der Waals surface area (Å²) in [6.45, 7) is 2.14. The van der Waals surface area contributed by atoms with Crippen molar-refractivity contribution >= 4 is 5.52 Å². The Kier molecular flexibility index (Phi) is 1.73. The summed E-state index contributed by atoms with van der Waals surface area (Å²) in [7, 11) is 0. The van der Waals surface area contributed by atoms with Gasteiger partial charge in [-0.05, 0) is 13.0 Å². The summed E-state index contributed by atoms with van der Waals surface area (Å²) in [6.07, 6.45) is 8.71. The minimum atomic E-state index is 0.555. The smallest absolute Gasteiger partial charge is 0.117 e. The fourth-order valence-electron chi connectivity index (χ4n) is 2.05. The SMILES string of the molecule is c1cn2c(C3CCNC3)ncc2cn1. The van der Waals surface area contributed by atoms with Crippen LogP contribution in [0.1, 0.15) is 18.2 Å². The maximum Gasteiger partial charge on any atom is 0.117 e. The number of fused-ring (bicyclic) bond motifs is 1. The van der Waals surface area contributed by atoms with Crippen LogP contribution in [0.4, 0.5) is 0 Å². The first-order valence-electron chi connectivity index (χ1n) is 4.93. The fraction of sp³-hybridized carbons (Fsp3) is 0.400. The largest absolute Gasteiger partial charge is 0.316 e. The Morgan fingerprint density at radius 1 is 1.43 bits per heavy atom. The van der Waals surface area contributed by atoms with Crippen LogP contribution < -0.4 is 5.32 Å². The Hall–Kier alpha value is -1.42. The maximum atomic E-state index is 4.46. The van der Waals surface area contributed by atoms with Gasteiger partial charge in [0, 0.05) is 24.9 Å².